The molecular formula is C18H24N4. The molecule has 2 N–H and O–H groups in total. The van der Waals surface area contributed by atoms with Gasteiger partial charge in [0.15, 0.2) is 0 Å². The predicted molar refractivity (Wildman–Crippen MR) is 89.6 cm³/mol. The Labute approximate surface area is 132 Å². The van der Waals surface area contributed by atoms with Crippen LogP contribution in [0.2, 0.25) is 0 Å². The molecule has 0 bridgehead atoms. The van der Waals surface area contributed by atoms with Gasteiger partial charge in [0, 0.05) is 31.4 Å². The zero-order valence-electron chi connectivity index (χ0n) is 13.6. The number of hydrogen-bond donors (Lipinski definition) is 1. The topological polar surface area (TPSA) is 55.0 Å². The summed E-state index contributed by atoms with van der Waals surface area (Å²) in [6, 6.07) is 10.4. The maximum atomic E-state index is 6.28. The summed E-state index contributed by atoms with van der Waals surface area (Å²) < 4.78 is 0. The maximum absolute atomic E-state index is 6.28. The summed E-state index contributed by atoms with van der Waals surface area (Å²) in [5.74, 6) is 0.771. The SMILES string of the molecule is CN(Cc1ccccc1)c1ncc2c(n1)CC(C)(C)C[C@@H]2N. The van der Waals surface area contributed by atoms with Crippen LogP contribution < -0.4 is 10.6 Å². The zero-order valence-corrected chi connectivity index (χ0v) is 13.6. The molecule has 0 fully saturated rings. The number of hydrogen-bond acceptors (Lipinski definition) is 4. The molecule has 2 aromatic rings. The molecule has 0 unspecified atom stereocenters. The predicted octanol–water partition coefficient (Wildman–Crippen LogP) is 3.09. The fourth-order valence-electron chi connectivity index (χ4n) is 3.21. The Hall–Kier alpha value is -1.94. The van der Waals surface area contributed by atoms with Crippen molar-refractivity contribution in [1.29, 1.82) is 0 Å². The van der Waals surface area contributed by atoms with Crippen LogP contribution in [0.4, 0.5) is 5.95 Å². The van der Waals surface area contributed by atoms with Gasteiger partial charge in [-0.15, -0.1) is 0 Å². The molecule has 1 aromatic carbocycles. The van der Waals surface area contributed by atoms with E-state index in [2.05, 4.69) is 48.0 Å². The Balaban J connectivity index is 1.84. The van der Waals surface area contributed by atoms with E-state index in [-0.39, 0.29) is 11.5 Å². The second-order valence-electron chi connectivity index (χ2n) is 7.07. The van der Waals surface area contributed by atoms with Crippen LogP contribution in [0.1, 0.15) is 43.1 Å². The summed E-state index contributed by atoms with van der Waals surface area (Å²) in [5.41, 5.74) is 9.95. The standard InChI is InChI=1S/C18H24N4/c1-18(2)9-15(19)14-11-20-17(21-16(14)10-18)22(3)12-13-7-5-4-6-8-13/h4-8,11,15H,9-10,12,19H2,1-3H3/t15-/m0/s1. The fraction of sp³-hybridized carbons (Fsp3) is 0.444. The van der Waals surface area contributed by atoms with Gasteiger partial charge < -0.3 is 10.6 Å². The smallest absolute Gasteiger partial charge is 0.225 e. The van der Waals surface area contributed by atoms with E-state index in [1.54, 1.807) is 0 Å². The van der Waals surface area contributed by atoms with Crippen LogP contribution in [0, 0.1) is 5.41 Å². The van der Waals surface area contributed by atoms with Crippen molar-refractivity contribution in [2.45, 2.75) is 39.3 Å². The first kappa shape index (κ1) is 15.0. The summed E-state index contributed by atoms with van der Waals surface area (Å²) in [6.45, 7) is 5.31. The molecule has 4 heteroatoms. The zero-order chi connectivity index (χ0) is 15.7. The lowest BCUT2D eigenvalue weighted by molar-refractivity contribution is 0.278. The van der Waals surface area contributed by atoms with Gasteiger partial charge in [0.25, 0.3) is 0 Å². The molecule has 1 heterocycles. The van der Waals surface area contributed by atoms with E-state index in [1.807, 2.05) is 19.3 Å². The van der Waals surface area contributed by atoms with Crippen molar-refractivity contribution in [3.8, 4) is 0 Å². The molecule has 0 radical (unpaired) electrons. The van der Waals surface area contributed by atoms with Gasteiger partial charge in [-0.2, -0.15) is 0 Å². The molecule has 0 saturated carbocycles. The third-order valence-electron chi connectivity index (χ3n) is 4.31. The highest BCUT2D eigenvalue weighted by molar-refractivity contribution is 5.36. The third-order valence-corrected chi connectivity index (χ3v) is 4.31. The number of benzene rings is 1. The molecule has 3 rings (SSSR count). The molecule has 22 heavy (non-hydrogen) atoms. The largest absolute Gasteiger partial charge is 0.340 e. The number of rotatable bonds is 3. The van der Waals surface area contributed by atoms with E-state index in [9.17, 15) is 0 Å². The van der Waals surface area contributed by atoms with Gasteiger partial charge in [0.1, 0.15) is 0 Å². The van der Waals surface area contributed by atoms with Crippen molar-refractivity contribution in [1.82, 2.24) is 9.97 Å². The van der Waals surface area contributed by atoms with Crippen molar-refractivity contribution in [3.05, 3.63) is 53.3 Å². The molecule has 0 saturated heterocycles. The average molecular weight is 296 g/mol. The van der Waals surface area contributed by atoms with Crippen LogP contribution in [-0.2, 0) is 13.0 Å². The molecule has 1 atom stereocenters. The number of nitrogens with two attached hydrogens (primary N) is 1. The highest BCUT2D eigenvalue weighted by Crippen LogP contribution is 2.38. The van der Waals surface area contributed by atoms with Gasteiger partial charge in [0.2, 0.25) is 5.95 Å². The van der Waals surface area contributed by atoms with Gasteiger partial charge in [-0.25, -0.2) is 9.97 Å². The van der Waals surface area contributed by atoms with Gasteiger partial charge in [0.05, 0.1) is 5.69 Å². The number of nitrogens with zero attached hydrogens (tertiary/aromatic N) is 3. The third kappa shape index (κ3) is 3.12. The number of aromatic nitrogens is 2. The monoisotopic (exact) mass is 296 g/mol. The van der Waals surface area contributed by atoms with E-state index in [4.69, 9.17) is 10.7 Å². The van der Waals surface area contributed by atoms with Gasteiger partial charge in [-0.05, 0) is 23.8 Å². The molecule has 4 nitrogen and oxygen atoms in total. The van der Waals surface area contributed by atoms with Crippen molar-refractivity contribution < 1.29 is 0 Å². The quantitative estimate of drug-likeness (QED) is 0.945. The Morgan fingerprint density at radius 1 is 1.27 bits per heavy atom. The molecule has 1 aromatic heterocycles. The summed E-state index contributed by atoms with van der Waals surface area (Å²) in [6.07, 6.45) is 3.87. The lowest BCUT2D eigenvalue weighted by Gasteiger charge is -2.34. The number of anilines is 1. The van der Waals surface area contributed by atoms with Crippen molar-refractivity contribution in [2.24, 2.45) is 11.1 Å². The Morgan fingerprint density at radius 3 is 2.73 bits per heavy atom. The molecule has 0 aliphatic heterocycles. The first-order valence-electron chi connectivity index (χ1n) is 7.81. The van der Waals surface area contributed by atoms with Crippen LogP contribution in [0.15, 0.2) is 36.5 Å². The van der Waals surface area contributed by atoms with Crippen LogP contribution in [0.3, 0.4) is 0 Å². The summed E-state index contributed by atoms with van der Waals surface area (Å²) in [5, 5.41) is 0. The lowest BCUT2D eigenvalue weighted by atomic mass is 9.74. The number of fused-ring (bicyclic) bond motifs is 1. The molecule has 1 aliphatic carbocycles. The summed E-state index contributed by atoms with van der Waals surface area (Å²) in [7, 11) is 2.03. The minimum Gasteiger partial charge on any atom is -0.340 e. The molecule has 0 amide bonds. The van der Waals surface area contributed by atoms with E-state index >= 15 is 0 Å². The first-order valence-corrected chi connectivity index (χ1v) is 7.81. The van der Waals surface area contributed by atoms with Gasteiger partial charge in [-0.1, -0.05) is 44.2 Å². The van der Waals surface area contributed by atoms with E-state index < -0.39 is 0 Å². The van der Waals surface area contributed by atoms with Crippen LogP contribution in [-0.4, -0.2) is 17.0 Å². The second-order valence-corrected chi connectivity index (χ2v) is 7.07. The first-order chi connectivity index (χ1) is 10.4. The average Bonchev–Trinajstić information content (AvgIpc) is 2.46. The molecular weight excluding hydrogens is 272 g/mol. The molecule has 1 aliphatic rings. The summed E-state index contributed by atoms with van der Waals surface area (Å²) in [4.78, 5) is 11.4. The van der Waals surface area contributed by atoms with E-state index in [0.717, 1.165) is 36.6 Å². The van der Waals surface area contributed by atoms with Crippen LogP contribution in [0.5, 0.6) is 0 Å². The minimum atomic E-state index is 0.0484. The second kappa shape index (κ2) is 5.69. The normalized spacial score (nSPS) is 19.5. The van der Waals surface area contributed by atoms with Crippen LogP contribution in [0.25, 0.3) is 0 Å². The van der Waals surface area contributed by atoms with E-state index in [1.165, 1.54) is 5.56 Å². The fourth-order valence-corrected chi connectivity index (χ4v) is 3.21. The maximum Gasteiger partial charge on any atom is 0.225 e. The summed E-state index contributed by atoms with van der Waals surface area (Å²) >= 11 is 0. The van der Waals surface area contributed by atoms with Gasteiger partial charge >= 0.3 is 0 Å². The van der Waals surface area contributed by atoms with E-state index in [0.29, 0.717) is 0 Å². The van der Waals surface area contributed by atoms with Gasteiger partial charge in [-0.3, -0.25) is 0 Å². The molecule has 0 spiro atoms. The highest BCUT2D eigenvalue weighted by Gasteiger charge is 2.31. The Kier molecular flexibility index (Phi) is 3.87. The Bertz CT molecular complexity index is 651. The van der Waals surface area contributed by atoms with Crippen LogP contribution >= 0.6 is 0 Å². The highest BCUT2D eigenvalue weighted by atomic mass is 15.2. The minimum absolute atomic E-state index is 0.0484. The lowest BCUT2D eigenvalue weighted by Crippen LogP contribution is -2.31. The molecule has 116 valence electrons. The van der Waals surface area contributed by atoms with Crippen molar-refractivity contribution in [2.75, 3.05) is 11.9 Å². The van der Waals surface area contributed by atoms with Crippen molar-refractivity contribution in [3.63, 3.8) is 0 Å². The Morgan fingerprint density at radius 2 is 2.00 bits per heavy atom. The van der Waals surface area contributed by atoms with Crippen molar-refractivity contribution >= 4 is 5.95 Å².